The van der Waals surface area contributed by atoms with Gasteiger partial charge < -0.3 is 14.9 Å². The van der Waals surface area contributed by atoms with Gasteiger partial charge >= 0.3 is 0 Å². The van der Waals surface area contributed by atoms with Crippen LogP contribution in [0.2, 0.25) is 0 Å². The van der Waals surface area contributed by atoms with Crippen LogP contribution in [0, 0.1) is 0 Å². The fourth-order valence-electron chi connectivity index (χ4n) is 3.35. The maximum Gasteiger partial charge on any atom is 0.118 e. The number of nitrogens with zero attached hydrogens (tertiary/aromatic N) is 1. The Labute approximate surface area is 128 Å². The Morgan fingerprint density at radius 1 is 1.14 bits per heavy atom. The predicted molar refractivity (Wildman–Crippen MR) is 85.3 cm³/mol. The fourth-order valence-corrected chi connectivity index (χ4v) is 3.35. The molecule has 4 nitrogen and oxygen atoms in total. The molecule has 2 aromatic carbocycles. The van der Waals surface area contributed by atoms with Crippen LogP contribution in [0.4, 0.5) is 0 Å². The number of ether oxygens (including phenoxy) is 1. The number of hydrogen-bond donors (Lipinski definition) is 2. The van der Waals surface area contributed by atoms with Gasteiger partial charge in [-0.05, 0) is 35.7 Å². The lowest BCUT2D eigenvalue weighted by Crippen LogP contribution is -2.33. The Bertz CT molecular complexity index is 808. The molecule has 112 valence electrons. The molecule has 0 fully saturated rings. The van der Waals surface area contributed by atoms with Crippen molar-refractivity contribution in [1.29, 1.82) is 0 Å². The number of hydrogen-bond acceptors (Lipinski definition) is 3. The van der Waals surface area contributed by atoms with E-state index in [2.05, 4.69) is 23.2 Å². The summed E-state index contributed by atoms with van der Waals surface area (Å²) >= 11 is 0. The predicted octanol–water partition coefficient (Wildman–Crippen LogP) is 3.51. The van der Waals surface area contributed by atoms with E-state index in [4.69, 9.17) is 4.74 Å². The lowest BCUT2D eigenvalue weighted by atomic mass is 9.94. The van der Waals surface area contributed by atoms with E-state index < -0.39 is 0 Å². The summed E-state index contributed by atoms with van der Waals surface area (Å²) in [4.78, 5) is 3.49. The Balaban J connectivity index is 1.85. The maximum absolute atomic E-state index is 10.4. The first kappa shape index (κ1) is 13.4. The molecule has 0 aliphatic carbocycles. The van der Waals surface area contributed by atoms with Gasteiger partial charge in [-0.3, -0.25) is 0 Å². The highest BCUT2D eigenvalue weighted by Gasteiger charge is 2.30. The molecule has 4 rings (SSSR count). The van der Waals surface area contributed by atoms with Gasteiger partial charge in [-0.1, -0.05) is 30.3 Å². The molecular formula is C18H18N2O2. The number of H-pyrrole nitrogens is 1. The minimum atomic E-state index is -0.165. The van der Waals surface area contributed by atoms with Crippen LogP contribution in [0.1, 0.15) is 22.9 Å². The number of para-hydroxylation sites is 1. The van der Waals surface area contributed by atoms with Gasteiger partial charge in [0.05, 0.1) is 7.11 Å². The van der Waals surface area contributed by atoms with Crippen LogP contribution in [0.5, 0.6) is 5.75 Å². The molecular weight excluding hydrogens is 276 g/mol. The summed E-state index contributed by atoms with van der Waals surface area (Å²) in [6, 6.07) is 16.0. The van der Waals surface area contributed by atoms with Crippen molar-refractivity contribution in [2.45, 2.75) is 12.5 Å². The molecule has 2 heterocycles. The Kier molecular flexibility index (Phi) is 3.13. The molecule has 0 radical (unpaired) electrons. The third-order valence-electron chi connectivity index (χ3n) is 4.44. The van der Waals surface area contributed by atoms with E-state index in [0.717, 1.165) is 28.9 Å². The van der Waals surface area contributed by atoms with Gasteiger partial charge in [0.15, 0.2) is 0 Å². The Morgan fingerprint density at radius 3 is 2.68 bits per heavy atom. The van der Waals surface area contributed by atoms with E-state index in [9.17, 15) is 5.21 Å². The molecule has 2 N–H and O–H groups in total. The number of hydroxylamine groups is 2. The quantitative estimate of drug-likeness (QED) is 0.760. The van der Waals surface area contributed by atoms with Crippen molar-refractivity contribution in [3.63, 3.8) is 0 Å². The molecule has 0 amide bonds. The van der Waals surface area contributed by atoms with Crippen LogP contribution in [0.3, 0.4) is 0 Å². The van der Waals surface area contributed by atoms with E-state index in [-0.39, 0.29) is 6.04 Å². The van der Waals surface area contributed by atoms with E-state index in [1.54, 1.807) is 7.11 Å². The van der Waals surface area contributed by atoms with Crippen molar-refractivity contribution in [2.75, 3.05) is 13.7 Å². The summed E-state index contributed by atoms with van der Waals surface area (Å²) in [6.45, 7) is 0.630. The summed E-state index contributed by atoms with van der Waals surface area (Å²) in [5.41, 5.74) is 4.57. The second-order valence-corrected chi connectivity index (χ2v) is 5.65. The lowest BCUT2D eigenvalue weighted by molar-refractivity contribution is -0.122. The zero-order chi connectivity index (χ0) is 15.1. The van der Waals surface area contributed by atoms with Crippen LogP contribution in [-0.2, 0) is 6.42 Å². The first-order valence-electron chi connectivity index (χ1n) is 7.47. The first-order valence-corrected chi connectivity index (χ1v) is 7.47. The third-order valence-corrected chi connectivity index (χ3v) is 4.44. The van der Waals surface area contributed by atoms with E-state index in [1.165, 1.54) is 16.0 Å². The molecule has 1 aromatic heterocycles. The van der Waals surface area contributed by atoms with Crippen molar-refractivity contribution < 1.29 is 9.94 Å². The normalized spacial score (nSPS) is 18.4. The largest absolute Gasteiger partial charge is 0.497 e. The smallest absolute Gasteiger partial charge is 0.118 e. The summed E-state index contributed by atoms with van der Waals surface area (Å²) in [7, 11) is 1.66. The van der Waals surface area contributed by atoms with Gasteiger partial charge in [0.25, 0.3) is 0 Å². The molecule has 1 atom stereocenters. The number of fused-ring (bicyclic) bond motifs is 3. The van der Waals surface area contributed by atoms with Crippen LogP contribution in [0.15, 0.2) is 48.5 Å². The number of rotatable bonds is 2. The van der Waals surface area contributed by atoms with Crippen molar-refractivity contribution in [2.24, 2.45) is 0 Å². The van der Waals surface area contributed by atoms with Crippen molar-refractivity contribution in [3.05, 3.63) is 65.4 Å². The SMILES string of the molecule is COc1ccc(C2c3[nH]c4ccccc4c3CCN2O)cc1. The molecule has 0 saturated carbocycles. The second kappa shape index (κ2) is 5.16. The number of methoxy groups -OCH3 is 1. The van der Waals surface area contributed by atoms with Gasteiger partial charge in [-0.25, -0.2) is 0 Å². The number of nitrogens with one attached hydrogen (secondary N) is 1. The standard InChI is InChI=1S/C18H18N2O2/c1-22-13-8-6-12(7-9-13)18-17-15(10-11-20(18)21)14-4-2-3-5-16(14)19-17/h2-9,18-19,21H,10-11H2,1H3. The topological polar surface area (TPSA) is 48.5 Å². The zero-order valence-electron chi connectivity index (χ0n) is 12.4. The van der Waals surface area contributed by atoms with E-state index in [1.807, 2.05) is 30.3 Å². The average Bonchev–Trinajstić information content (AvgIpc) is 2.93. The molecule has 3 aromatic rings. The summed E-state index contributed by atoms with van der Waals surface area (Å²) in [5.74, 6) is 0.820. The van der Waals surface area contributed by atoms with E-state index >= 15 is 0 Å². The highest BCUT2D eigenvalue weighted by atomic mass is 16.5. The molecule has 1 unspecified atom stereocenters. The van der Waals surface area contributed by atoms with Crippen LogP contribution in [-0.4, -0.2) is 28.9 Å². The van der Waals surface area contributed by atoms with Crippen molar-refractivity contribution in [3.8, 4) is 5.75 Å². The van der Waals surface area contributed by atoms with E-state index in [0.29, 0.717) is 6.54 Å². The summed E-state index contributed by atoms with van der Waals surface area (Å²) in [6.07, 6.45) is 0.850. The van der Waals surface area contributed by atoms with Crippen molar-refractivity contribution in [1.82, 2.24) is 10.0 Å². The van der Waals surface area contributed by atoms with Gasteiger partial charge in [0.2, 0.25) is 0 Å². The molecule has 1 aliphatic heterocycles. The average molecular weight is 294 g/mol. The minimum Gasteiger partial charge on any atom is -0.497 e. The Hall–Kier alpha value is -2.30. The second-order valence-electron chi connectivity index (χ2n) is 5.65. The monoisotopic (exact) mass is 294 g/mol. The summed E-state index contributed by atoms with van der Waals surface area (Å²) < 4.78 is 5.22. The first-order chi connectivity index (χ1) is 10.8. The highest BCUT2D eigenvalue weighted by molar-refractivity contribution is 5.85. The molecule has 1 aliphatic rings. The van der Waals surface area contributed by atoms with Gasteiger partial charge in [-0.2, -0.15) is 5.06 Å². The molecule has 0 bridgehead atoms. The zero-order valence-corrected chi connectivity index (χ0v) is 12.4. The minimum absolute atomic E-state index is 0.165. The summed E-state index contributed by atoms with van der Waals surface area (Å²) in [5, 5.41) is 13.1. The lowest BCUT2D eigenvalue weighted by Gasteiger charge is -2.31. The fraction of sp³-hybridized carbons (Fsp3) is 0.222. The van der Waals surface area contributed by atoms with Crippen LogP contribution in [0.25, 0.3) is 10.9 Å². The molecule has 0 saturated heterocycles. The number of aromatic nitrogens is 1. The van der Waals surface area contributed by atoms with Gasteiger partial charge in [0.1, 0.15) is 11.8 Å². The molecule has 4 heteroatoms. The maximum atomic E-state index is 10.4. The van der Waals surface area contributed by atoms with Gasteiger partial charge in [0, 0.05) is 23.1 Å². The van der Waals surface area contributed by atoms with Gasteiger partial charge in [-0.15, -0.1) is 0 Å². The van der Waals surface area contributed by atoms with Crippen LogP contribution >= 0.6 is 0 Å². The number of benzene rings is 2. The van der Waals surface area contributed by atoms with Crippen molar-refractivity contribution >= 4 is 10.9 Å². The molecule has 0 spiro atoms. The Morgan fingerprint density at radius 2 is 1.91 bits per heavy atom. The third kappa shape index (κ3) is 2.00. The molecule has 22 heavy (non-hydrogen) atoms. The van der Waals surface area contributed by atoms with Crippen LogP contribution < -0.4 is 4.74 Å². The highest BCUT2D eigenvalue weighted by Crippen LogP contribution is 2.37. The number of aromatic amines is 1.